The van der Waals surface area contributed by atoms with Crippen LogP contribution in [0.3, 0.4) is 0 Å². The fraction of sp³-hybridized carbons (Fsp3) is 0.833. The molecule has 1 amide bonds. The lowest BCUT2D eigenvalue weighted by molar-refractivity contribution is -0.142. The highest BCUT2D eigenvalue weighted by atomic mass is 16.4. The van der Waals surface area contributed by atoms with Gasteiger partial charge >= 0.3 is 5.97 Å². The van der Waals surface area contributed by atoms with Crippen LogP contribution >= 0.6 is 0 Å². The van der Waals surface area contributed by atoms with E-state index in [0.29, 0.717) is 19.6 Å². The van der Waals surface area contributed by atoms with Crippen molar-refractivity contribution in [3.05, 3.63) is 0 Å². The molecule has 0 spiro atoms. The topological polar surface area (TPSA) is 64.1 Å². The van der Waals surface area contributed by atoms with Gasteiger partial charge in [-0.15, -0.1) is 0 Å². The standard InChI is InChI=1S/C12H23N3O3/c1-9-11(16)15(6-5-13(2)3)8-10(12(17)18)7-14(9)4/h9-10H,5-8H2,1-4H3,(H,17,18). The van der Waals surface area contributed by atoms with Gasteiger partial charge in [0.15, 0.2) is 0 Å². The fourth-order valence-corrected chi connectivity index (χ4v) is 2.05. The number of carbonyl (C=O) groups excluding carboxylic acids is 1. The number of carbonyl (C=O) groups is 2. The van der Waals surface area contributed by atoms with Gasteiger partial charge in [-0.1, -0.05) is 0 Å². The quantitative estimate of drug-likeness (QED) is 0.729. The number of hydrogen-bond acceptors (Lipinski definition) is 4. The monoisotopic (exact) mass is 257 g/mol. The van der Waals surface area contributed by atoms with E-state index in [1.807, 2.05) is 30.8 Å². The minimum absolute atomic E-state index is 0.0168. The molecule has 1 fully saturated rings. The van der Waals surface area contributed by atoms with E-state index in [9.17, 15) is 14.7 Å². The summed E-state index contributed by atoms with van der Waals surface area (Å²) in [5.41, 5.74) is 0. The number of aliphatic carboxylic acids is 1. The van der Waals surface area contributed by atoms with Gasteiger partial charge in [0.25, 0.3) is 0 Å². The molecule has 0 aromatic carbocycles. The van der Waals surface area contributed by atoms with E-state index in [4.69, 9.17) is 0 Å². The van der Waals surface area contributed by atoms with Crippen molar-refractivity contribution >= 4 is 11.9 Å². The average molecular weight is 257 g/mol. The molecule has 6 heteroatoms. The van der Waals surface area contributed by atoms with Gasteiger partial charge in [0, 0.05) is 26.2 Å². The summed E-state index contributed by atoms with van der Waals surface area (Å²) in [6, 6.07) is -0.253. The summed E-state index contributed by atoms with van der Waals surface area (Å²) in [7, 11) is 5.67. The first kappa shape index (κ1) is 14.9. The molecule has 1 rings (SSSR count). The average Bonchev–Trinajstić information content (AvgIpc) is 2.39. The van der Waals surface area contributed by atoms with E-state index in [1.54, 1.807) is 11.9 Å². The van der Waals surface area contributed by atoms with E-state index in [2.05, 4.69) is 0 Å². The van der Waals surface area contributed by atoms with Crippen molar-refractivity contribution in [2.75, 3.05) is 47.3 Å². The van der Waals surface area contributed by atoms with Gasteiger partial charge in [-0.25, -0.2) is 0 Å². The molecule has 1 heterocycles. The summed E-state index contributed by atoms with van der Waals surface area (Å²) >= 11 is 0. The van der Waals surface area contributed by atoms with Crippen LogP contribution < -0.4 is 0 Å². The van der Waals surface area contributed by atoms with Crippen molar-refractivity contribution < 1.29 is 14.7 Å². The van der Waals surface area contributed by atoms with Crippen molar-refractivity contribution in [3.63, 3.8) is 0 Å². The van der Waals surface area contributed by atoms with Crippen molar-refractivity contribution in [1.29, 1.82) is 0 Å². The zero-order valence-corrected chi connectivity index (χ0v) is 11.6. The minimum atomic E-state index is -0.835. The summed E-state index contributed by atoms with van der Waals surface area (Å²) in [5, 5.41) is 9.17. The highest BCUT2D eigenvalue weighted by Gasteiger charge is 2.34. The largest absolute Gasteiger partial charge is 0.481 e. The minimum Gasteiger partial charge on any atom is -0.481 e. The Bertz CT molecular complexity index is 320. The maximum absolute atomic E-state index is 12.2. The highest BCUT2D eigenvalue weighted by Crippen LogP contribution is 2.14. The lowest BCUT2D eigenvalue weighted by atomic mass is 10.1. The van der Waals surface area contributed by atoms with Crippen LogP contribution in [0.25, 0.3) is 0 Å². The Morgan fingerprint density at radius 1 is 1.44 bits per heavy atom. The molecule has 2 unspecified atom stereocenters. The Morgan fingerprint density at radius 2 is 2.06 bits per heavy atom. The first-order chi connectivity index (χ1) is 8.32. The molecule has 104 valence electrons. The third kappa shape index (κ3) is 3.68. The van der Waals surface area contributed by atoms with Crippen molar-refractivity contribution in [2.24, 2.45) is 5.92 Å². The summed E-state index contributed by atoms with van der Waals surface area (Å²) < 4.78 is 0. The molecule has 0 aromatic rings. The fourth-order valence-electron chi connectivity index (χ4n) is 2.05. The predicted molar refractivity (Wildman–Crippen MR) is 68.4 cm³/mol. The van der Waals surface area contributed by atoms with Crippen LogP contribution in [0.15, 0.2) is 0 Å². The van der Waals surface area contributed by atoms with Gasteiger partial charge < -0.3 is 14.9 Å². The number of likely N-dealkylation sites (N-methyl/N-ethyl adjacent to an activating group) is 2. The number of carboxylic acid groups (broad SMARTS) is 1. The van der Waals surface area contributed by atoms with E-state index < -0.39 is 11.9 Å². The molecule has 1 saturated heterocycles. The second-order valence-corrected chi connectivity index (χ2v) is 5.24. The van der Waals surface area contributed by atoms with Crippen LogP contribution in [0.5, 0.6) is 0 Å². The molecule has 1 aliphatic rings. The third-order valence-electron chi connectivity index (χ3n) is 3.45. The van der Waals surface area contributed by atoms with Crippen molar-refractivity contribution in [3.8, 4) is 0 Å². The molecule has 0 saturated carbocycles. The van der Waals surface area contributed by atoms with Gasteiger partial charge in [-0.2, -0.15) is 0 Å². The molecule has 1 aliphatic heterocycles. The Hall–Kier alpha value is -1.14. The van der Waals surface area contributed by atoms with E-state index in [1.165, 1.54) is 0 Å². The second kappa shape index (κ2) is 6.15. The molecule has 1 N–H and O–H groups in total. The zero-order chi connectivity index (χ0) is 13.9. The number of hydrogen-bond donors (Lipinski definition) is 1. The van der Waals surface area contributed by atoms with Crippen molar-refractivity contribution in [2.45, 2.75) is 13.0 Å². The van der Waals surface area contributed by atoms with Gasteiger partial charge in [0.05, 0.1) is 12.0 Å². The van der Waals surface area contributed by atoms with Crippen LogP contribution in [0.4, 0.5) is 0 Å². The maximum Gasteiger partial charge on any atom is 0.309 e. The lowest BCUT2D eigenvalue weighted by Crippen LogP contribution is -2.44. The number of nitrogens with zero attached hydrogens (tertiary/aromatic N) is 3. The van der Waals surface area contributed by atoms with Crippen LogP contribution in [0.1, 0.15) is 6.92 Å². The first-order valence-electron chi connectivity index (χ1n) is 6.19. The number of carboxylic acids is 1. The number of rotatable bonds is 4. The van der Waals surface area contributed by atoms with Gasteiger partial charge in [0.2, 0.25) is 5.91 Å². The zero-order valence-electron chi connectivity index (χ0n) is 11.6. The molecule has 0 bridgehead atoms. The molecule has 2 atom stereocenters. The Kier molecular flexibility index (Phi) is 5.10. The summed E-state index contributed by atoms with van der Waals surface area (Å²) in [4.78, 5) is 28.9. The Morgan fingerprint density at radius 3 is 2.56 bits per heavy atom. The van der Waals surface area contributed by atoms with Gasteiger partial charge in [-0.3, -0.25) is 14.5 Å². The van der Waals surface area contributed by atoms with Gasteiger partial charge in [-0.05, 0) is 28.1 Å². The normalized spacial score (nSPS) is 26.5. The smallest absolute Gasteiger partial charge is 0.309 e. The molecule has 6 nitrogen and oxygen atoms in total. The van der Waals surface area contributed by atoms with Crippen LogP contribution in [-0.2, 0) is 9.59 Å². The van der Waals surface area contributed by atoms with Crippen LogP contribution in [0, 0.1) is 5.92 Å². The molecular weight excluding hydrogens is 234 g/mol. The number of amides is 1. The summed E-state index contributed by atoms with van der Waals surface area (Å²) in [6.45, 7) is 3.87. The van der Waals surface area contributed by atoms with E-state index >= 15 is 0 Å². The Labute approximate surface area is 108 Å². The van der Waals surface area contributed by atoms with Gasteiger partial charge in [0.1, 0.15) is 0 Å². The lowest BCUT2D eigenvalue weighted by Gasteiger charge is -2.26. The molecule has 0 aromatic heterocycles. The molecule has 0 radical (unpaired) electrons. The second-order valence-electron chi connectivity index (χ2n) is 5.24. The van der Waals surface area contributed by atoms with Crippen LogP contribution in [-0.4, -0.2) is 85.0 Å². The SMILES string of the molecule is CC1C(=O)N(CCN(C)C)CC(C(=O)O)CN1C. The van der Waals surface area contributed by atoms with E-state index in [-0.39, 0.29) is 11.9 Å². The summed E-state index contributed by atoms with van der Waals surface area (Å²) in [5.74, 6) is -1.33. The highest BCUT2D eigenvalue weighted by molar-refractivity contribution is 5.83. The molecule has 18 heavy (non-hydrogen) atoms. The molecular formula is C12H23N3O3. The first-order valence-corrected chi connectivity index (χ1v) is 6.19. The maximum atomic E-state index is 12.2. The van der Waals surface area contributed by atoms with Crippen LogP contribution in [0.2, 0.25) is 0 Å². The predicted octanol–water partition coefficient (Wildman–Crippen LogP) is -0.589. The Balaban J connectivity index is 2.78. The molecule has 0 aliphatic carbocycles. The summed E-state index contributed by atoms with van der Waals surface area (Å²) in [6.07, 6.45) is 0. The van der Waals surface area contributed by atoms with E-state index in [0.717, 1.165) is 6.54 Å². The van der Waals surface area contributed by atoms with Crippen molar-refractivity contribution in [1.82, 2.24) is 14.7 Å². The third-order valence-corrected chi connectivity index (χ3v) is 3.45.